The Labute approximate surface area is 117 Å². The Balaban J connectivity index is 1.78. The fraction of sp³-hybridized carbons (Fsp3) is 0.467. The third kappa shape index (κ3) is 2.13. The third-order valence-corrected chi connectivity index (χ3v) is 4.28. The normalized spacial score (nSPS) is 24.4. The molecule has 2 aliphatic heterocycles. The summed E-state index contributed by atoms with van der Waals surface area (Å²) >= 11 is 0. The van der Waals surface area contributed by atoms with Gasteiger partial charge >= 0.3 is 5.97 Å². The zero-order valence-electron chi connectivity index (χ0n) is 11.4. The molecule has 2 atom stereocenters. The first-order chi connectivity index (χ1) is 9.56. The van der Waals surface area contributed by atoms with Gasteiger partial charge in [0.1, 0.15) is 0 Å². The molecule has 1 aromatic carbocycles. The molecule has 1 amide bonds. The summed E-state index contributed by atoms with van der Waals surface area (Å²) in [6, 6.07) is 5.68. The number of carboxylic acids is 1. The number of fused-ring (bicyclic) bond motifs is 1. The third-order valence-electron chi connectivity index (χ3n) is 4.28. The second-order valence-corrected chi connectivity index (χ2v) is 5.68. The highest BCUT2D eigenvalue weighted by atomic mass is 16.4. The average Bonchev–Trinajstić information content (AvgIpc) is 3.02. The Morgan fingerprint density at radius 1 is 1.35 bits per heavy atom. The summed E-state index contributed by atoms with van der Waals surface area (Å²) < 4.78 is 0. The van der Waals surface area contributed by atoms with Crippen molar-refractivity contribution in [2.75, 3.05) is 25.0 Å². The van der Waals surface area contributed by atoms with Crippen molar-refractivity contribution in [3.8, 4) is 0 Å². The smallest absolute Gasteiger partial charge is 0.308 e. The van der Waals surface area contributed by atoms with Gasteiger partial charge in [0.2, 0.25) is 0 Å². The number of likely N-dealkylation sites (tertiary alicyclic amines) is 1. The lowest BCUT2D eigenvalue weighted by Gasteiger charge is -2.16. The van der Waals surface area contributed by atoms with Crippen molar-refractivity contribution in [3.63, 3.8) is 0 Å². The summed E-state index contributed by atoms with van der Waals surface area (Å²) in [5, 5.41) is 12.4. The Morgan fingerprint density at radius 2 is 2.15 bits per heavy atom. The molecule has 20 heavy (non-hydrogen) atoms. The fourth-order valence-corrected chi connectivity index (χ4v) is 3.07. The number of aliphatic carboxylic acids is 1. The maximum atomic E-state index is 12.5. The summed E-state index contributed by atoms with van der Waals surface area (Å²) in [6.07, 6.45) is 0.935. The number of carbonyl (C=O) groups excluding carboxylic acids is 1. The predicted molar refractivity (Wildman–Crippen MR) is 74.8 cm³/mol. The zero-order valence-corrected chi connectivity index (χ0v) is 11.4. The summed E-state index contributed by atoms with van der Waals surface area (Å²) in [4.78, 5) is 25.3. The minimum Gasteiger partial charge on any atom is -0.481 e. The van der Waals surface area contributed by atoms with Gasteiger partial charge in [-0.15, -0.1) is 0 Å². The Bertz CT molecular complexity index is 570. The van der Waals surface area contributed by atoms with Gasteiger partial charge in [0.25, 0.3) is 5.91 Å². The SMILES string of the molecule is C[C@@H]1CN(C(=O)c2ccc3c(c2)CCN3)C[C@H]1C(=O)O. The van der Waals surface area contributed by atoms with Gasteiger partial charge in [-0.1, -0.05) is 6.92 Å². The molecule has 1 fully saturated rings. The number of nitrogens with one attached hydrogen (secondary N) is 1. The van der Waals surface area contributed by atoms with E-state index < -0.39 is 11.9 Å². The van der Waals surface area contributed by atoms with Crippen LogP contribution in [0.15, 0.2) is 18.2 Å². The van der Waals surface area contributed by atoms with Crippen LogP contribution in [0.5, 0.6) is 0 Å². The van der Waals surface area contributed by atoms with Gasteiger partial charge in [0, 0.05) is 30.9 Å². The lowest BCUT2D eigenvalue weighted by atomic mass is 9.99. The number of carboxylic acid groups (broad SMARTS) is 1. The summed E-state index contributed by atoms with van der Waals surface area (Å²) in [6.45, 7) is 3.63. The monoisotopic (exact) mass is 274 g/mol. The maximum Gasteiger partial charge on any atom is 0.308 e. The molecular formula is C15H18N2O3. The van der Waals surface area contributed by atoms with Crippen molar-refractivity contribution in [3.05, 3.63) is 29.3 Å². The van der Waals surface area contributed by atoms with E-state index in [2.05, 4.69) is 5.32 Å². The summed E-state index contributed by atoms with van der Waals surface area (Å²) in [5.41, 5.74) is 2.92. The Hall–Kier alpha value is -2.04. The molecule has 3 rings (SSSR count). The van der Waals surface area contributed by atoms with Gasteiger partial charge in [-0.05, 0) is 36.1 Å². The number of carbonyl (C=O) groups is 2. The summed E-state index contributed by atoms with van der Waals surface area (Å²) in [5.74, 6) is -1.32. The lowest BCUT2D eigenvalue weighted by molar-refractivity contribution is -0.142. The molecule has 5 heteroatoms. The minimum atomic E-state index is -0.814. The second-order valence-electron chi connectivity index (χ2n) is 5.68. The molecule has 0 aliphatic carbocycles. The van der Waals surface area contributed by atoms with Crippen LogP contribution < -0.4 is 5.32 Å². The quantitative estimate of drug-likeness (QED) is 0.856. The van der Waals surface area contributed by atoms with E-state index in [0.29, 0.717) is 18.7 Å². The van der Waals surface area contributed by atoms with E-state index in [4.69, 9.17) is 5.11 Å². The first kappa shape index (κ1) is 13.0. The van der Waals surface area contributed by atoms with Gasteiger partial charge in [0.05, 0.1) is 5.92 Å². The van der Waals surface area contributed by atoms with E-state index >= 15 is 0 Å². The molecule has 2 aliphatic rings. The van der Waals surface area contributed by atoms with Crippen LogP contribution in [0.3, 0.4) is 0 Å². The molecule has 2 heterocycles. The van der Waals surface area contributed by atoms with Gasteiger partial charge in [-0.3, -0.25) is 9.59 Å². The highest BCUT2D eigenvalue weighted by Crippen LogP contribution is 2.27. The largest absolute Gasteiger partial charge is 0.481 e. The standard InChI is InChI=1S/C15H18N2O3/c1-9-7-17(8-12(9)15(19)20)14(18)11-2-3-13-10(6-11)4-5-16-13/h2-3,6,9,12,16H,4-5,7-8H2,1H3,(H,19,20)/t9-,12-/m1/s1. The molecule has 0 radical (unpaired) electrons. The van der Waals surface area contributed by atoms with E-state index in [1.165, 1.54) is 0 Å². The van der Waals surface area contributed by atoms with Crippen LogP contribution in [0.2, 0.25) is 0 Å². The van der Waals surface area contributed by atoms with Gasteiger partial charge in [-0.25, -0.2) is 0 Å². The Morgan fingerprint density at radius 3 is 2.85 bits per heavy atom. The molecule has 106 valence electrons. The van der Waals surface area contributed by atoms with Crippen molar-refractivity contribution in [1.82, 2.24) is 4.90 Å². The molecule has 5 nitrogen and oxygen atoms in total. The molecule has 0 saturated carbocycles. The van der Waals surface area contributed by atoms with Crippen LogP contribution in [0.4, 0.5) is 5.69 Å². The molecule has 2 N–H and O–H groups in total. The number of anilines is 1. The molecule has 0 aromatic heterocycles. The zero-order chi connectivity index (χ0) is 14.3. The molecule has 0 spiro atoms. The topological polar surface area (TPSA) is 69.6 Å². The minimum absolute atomic E-state index is 0.00699. The van der Waals surface area contributed by atoms with Crippen LogP contribution in [0.25, 0.3) is 0 Å². The van der Waals surface area contributed by atoms with Crippen molar-refractivity contribution in [2.24, 2.45) is 11.8 Å². The van der Waals surface area contributed by atoms with Crippen LogP contribution in [0.1, 0.15) is 22.8 Å². The maximum absolute atomic E-state index is 12.5. The van der Waals surface area contributed by atoms with Crippen LogP contribution in [-0.2, 0) is 11.2 Å². The molecule has 1 saturated heterocycles. The highest BCUT2D eigenvalue weighted by molar-refractivity contribution is 5.95. The van der Waals surface area contributed by atoms with Crippen molar-refractivity contribution in [1.29, 1.82) is 0 Å². The van der Waals surface area contributed by atoms with Gasteiger partial charge < -0.3 is 15.3 Å². The first-order valence-electron chi connectivity index (χ1n) is 6.95. The van der Waals surface area contributed by atoms with Gasteiger partial charge in [0.15, 0.2) is 0 Å². The molecular weight excluding hydrogens is 256 g/mol. The first-order valence-corrected chi connectivity index (χ1v) is 6.95. The lowest BCUT2D eigenvalue weighted by Crippen LogP contribution is -2.30. The van der Waals surface area contributed by atoms with Gasteiger partial charge in [-0.2, -0.15) is 0 Å². The second kappa shape index (κ2) is 4.81. The number of benzene rings is 1. The van der Waals surface area contributed by atoms with E-state index in [-0.39, 0.29) is 11.8 Å². The average molecular weight is 274 g/mol. The number of amides is 1. The highest BCUT2D eigenvalue weighted by Gasteiger charge is 2.37. The van der Waals surface area contributed by atoms with E-state index in [9.17, 15) is 9.59 Å². The van der Waals surface area contributed by atoms with Crippen molar-refractivity contribution >= 4 is 17.6 Å². The number of hydrogen-bond donors (Lipinski definition) is 2. The number of rotatable bonds is 2. The molecule has 0 bridgehead atoms. The van der Waals surface area contributed by atoms with Crippen molar-refractivity contribution < 1.29 is 14.7 Å². The number of nitrogens with zero attached hydrogens (tertiary/aromatic N) is 1. The fourth-order valence-electron chi connectivity index (χ4n) is 3.07. The Kier molecular flexibility index (Phi) is 3.12. The van der Waals surface area contributed by atoms with Crippen LogP contribution in [-0.4, -0.2) is 41.5 Å². The van der Waals surface area contributed by atoms with Crippen molar-refractivity contribution in [2.45, 2.75) is 13.3 Å². The molecule has 0 unspecified atom stereocenters. The van der Waals surface area contributed by atoms with E-state index in [1.807, 2.05) is 25.1 Å². The van der Waals surface area contributed by atoms with E-state index in [1.54, 1.807) is 4.90 Å². The predicted octanol–water partition coefficient (Wildman–Crippen LogP) is 1.45. The van der Waals surface area contributed by atoms with E-state index in [0.717, 1.165) is 24.2 Å². The van der Waals surface area contributed by atoms with Crippen LogP contribution in [0, 0.1) is 11.8 Å². The number of hydrogen-bond acceptors (Lipinski definition) is 3. The summed E-state index contributed by atoms with van der Waals surface area (Å²) in [7, 11) is 0. The molecule has 1 aromatic rings. The van der Waals surface area contributed by atoms with Crippen LogP contribution >= 0.6 is 0 Å².